The Bertz CT molecular complexity index is 478. The van der Waals surface area contributed by atoms with Crippen molar-refractivity contribution >= 4 is 17.3 Å². The summed E-state index contributed by atoms with van der Waals surface area (Å²) >= 11 is 0. The molecule has 0 saturated carbocycles. The molecule has 0 radical (unpaired) electrons. The second-order valence-electron chi connectivity index (χ2n) is 4.68. The third kappa shape index (κ3) is 3.20. The SMILES string of the molecule is COC(=O)c1ccc(N)c(NC2COCC[C@@H]2OC)c1. The Morgan fingerprint density at radius 2 is 2.25 bits per heavy atom. The summed E-state index contributed by atoms with van der Waals surface area (Å²) in [6, 6.07) is 5.00. The van der Waals surface area contributed by atoms with E-state index < -0.39 is 5.97 Å². The number of nitrogen functional groups attached to an aromatic ring is 1. The molecule has 6 nitrogen and oxygen atoms in total. The minimum Gasteiger partial charge on any atom is -0.465 e. The molecule has 3 N–H and O–H groups in total. The molecule has 1 unspecified atom stereocenters. The monoisotopic (exact) mass is 280 g/mol. The van der Waals surface area contributed by atoms with E-state index >= 15 is 0 Å². The molecule has 0 aliphatic carbocycles. The van der Waals surface area contributed by atoms with Crippen molar-refractivity contribution in [2.45, 2.75) is 18.6 Å². The molecular formula is C14H20N2O4. The molecule has 0 bridgehead atoms. The van der Waals surface area contributed by atoms with E-state index in [1.165, 1.54) is 7.11 Å². The van der Waals surface area contributed by atoms with E-state index in [-0.39, 0.29) is 12.1 Å². The standard InChI is InChI=1S/C14H20N2O4/c1-18-13-5-6-20-8-12(13)16-11-7-9(14(17)19-2)3-4-10(11)15/h3-4,7,12-13,16H,5-6,8,15H2,1-2H3/t12?,13-/m0/s1. The van der Waals surface area contributed by atoms with Crippen LogP contribution in [0, 0.1) is 0 Å². The molecule has 1 fully saturated rings. The maximum atomic E-state index is 11.5. The van der Waals surface area contributed by atoms with Gasteiger partial charge in [0.15, 0.2) is 0 Å². The predicted octanol–water partition coefficient (Wildman–Crippen LogP) is 1.27. The number of benzene rings is 1. The molecule has 1 aromatic rings. The zero-order valence-corrected chi connectivity index (χ0v) is 11.7. The van der Waals surface area contributed by atoms with E-state index in [0.29, 0.717) is 30.2 Å². The normalized spacial score (nSPS) is 22.3. The van der Waals surface area contributed by atoms with Gasteiger partial charge >= 0.3 is 5.97 Å². The van der Waals surface area contributed by atoms with Crippen LogP contribution in [0.1, 0.15) is 16.8 Å². The number of anilines is 2. The molecule has 0 amide bonds. The molecule has 2 atom stereocenters. The van der Waals surface area contributed by atoms with Gasteiger partial charge < -0.3 is 25.3 Å². The second-order valence-corrected chi connectivity index (χ2v) is 4.68. The summed E-state index contributed by atoms with van der Waals surface area (Å²) in [5.41, 5.74) is 7.65. The third-order valence-electron chi connectivity index (χ3n) is 3.41. The number of nitrogens with one attached hydrogen (secondary N) is 1. The van der Waals surface area contributed by atoms with Crippen molar-refractivity contribution < 1.29 is 19.0 Å². The van der Waals surface area contributed by atoms with Crippen LogP contribution < -0.4 is 11.1 Å². The summed E-state index contributed by atoms with van der Waals surface area (Å²) in [6.45, 7) is 1.23. The molecule has 1 heterocycles. The second kappa shape index (κ2) is 6.58. The summed E-state index contributed by atoms with van der Waals surface area (Å²) in [4.78, 5) is 11.5. The first-order valence-electron chi connectivity index (χ1n) is 6.50. The fourth-order valence-corrected chi connectivity index (χ4v) is 2.26. The van der Waals surface area contributed by atoms with Crippen molar-refractivity contribution in [2.24, 2.45) is 0 Å². The Balaban J connectivity index is 2.17. The maximum absolute atomic E-state index is 11.5. The number of hydrogen-bond acceptors (Lipinski definition) is 6. The molecule has 1 aliphatic heterocycles. The molecular weight excluding hydrogens is 260 g/mol. The fraction of sp³-hybridized carbons (Fsp3) is 0.500. The first-order chi connectivity index (χ1) is 9.65. The Morgan fingerprint density at radius 3 is 2.95 bits per heavy atom. The number of rotatable bonds is 4. The van der Waals surface area contributed by atoms with Gasteiger partial charge in [-0.1, -0.05) is 0 Å². The smallest absolute Gasteiger partial charge is 0.337 e. The number of esters is 1. The quantitative estimate of drug-likeness (QED) is 0.638. The molecule has 1 aromatic carbocycles. The summed E-state index contributed by atoms with van der Waals surface area (Å²) in [5.74, 6) is -0.392. The third-order valence-corrected chi connectivity index (χ3v) is 3.41. The number of carbonyl (C=O) groups is 1. The number of nitrogens with two attached hydrogens (primary N) is 1. The van der Waals surface area contributed by atoms with Gasteiger partial charge in [-0.2, -0.15) is 0 Å². The maximum Gasteiger partial charge on any atom is 0.337 e. The lowest BCUT2D eigenvalue weighted by Gasteiger charge is -2.32. The average molecular weight is 280 g/mol. The molecule has 6 heteroatoms. The molecule has 110 valence electrons. The first-order valence-corrected chi connectivity index (χ1v) is 6.50. The van der Waals surface area contributed by atoms with Crippen molar-refractivity contribution in [2.75, 3.05) is 38.5 Å². The van der Waals surface area contributed by atoms with Gasteiger partial charge in [-0.3, -0.25) is 0 Å². The summed E-state index contributed by atoms with van der Waals surface area (Å²) in [6.07, 6.45) is 0.884. The number of ether oxygens (including phenoxy) is 3. The highest BCUT2D eigenvalue weighted by Crippen LogP contribution is 2.24. The Morgan fingerprint density at radius 1 is 1.45 bits per heavy atom. The van der Waals surface area contributed by atoms with Gasteiger partial charge in [-0.05, 0) is 24.6 Å². The van der Waals surface area contributed by atoms with Crippen LogP contribution in [-0.4, -0.2) is 45.5 Å². The van der Waals surface area contributed by atoms with Crippen molar-refractivity contribution in [3.8, 4) is 0 Å². The largest absolute Gasteiger partial charge is 0.465 e. The molecule has 0 spiro atoms. The zero-order valence-electron chi connectivity index (χ0n) is 11.7. The van der Waals surface area contributed by atoms with Gasteiger partial charge in [0.05, 0.1) is 42.8 Å². The highest BCUT2D eigenvalue weighted by Gasteiger charge is 2.26. The first kappa shape index (κ1) is 14.6. The van der Waals surface area contributed by atoms with E-state index in [4.69, 9.17) is 19.9 Å². The van der Waals surface area contributed by atoms with Gasteiger partial charge in [0.1, 0.15) is 0 Å². The van der Waals surface area contributed by atoms with Crippen LogP contribution in [0.25, 0.3) is 0 Å². The van der Waals surface area contributed by atoms with Crippen molar-refractivity contribution in [1.29, 1.82) is 0 Å². The average Bonchev–Trinajstić information content (AvgIpc) is 2.49. The Kier molecular flexibility index (Phi) is 4.81. The highest BCUT2D eigenvalue weighted by molar-refractivity contribution is 5.92. The lowest BCUT2D eigenvalue weighted by Crippen LogP contribution is -2.43. The van der Waals surface area contributed by atoms with Gasteiger partial charge in [-0.15, -0.1) is 0 Å². The molecule has 0 aromatic heterocycles. The van der Waals surface area contributed by atoms with Crippen LogP contribution in [0.3, 0.4) is 0 Å². The van der Waals surface area contributed by atoms with Crippen LogP contribution in [0.15, 0.2) is 18.2 Å². The number of hydrogen-bond donors (Lipinski definition) is 2. The Hall–Kier alpha value is -1.79. The van der Waals surface area contributed by atoms with Gasteiger partial charge in [0, 0.05) is 13.7 Å². The van der Waals surface area contributed by atoms with Crippen LogP contribution in [0.4, 0.5) is 11.4 Å². The molecule has 1 saturated heterocycles. The molecule has 2 rings (SSSR count). The minimum atomic E-state index is -0.392. The van der Waals surface area contributed by atoms with E-state index in [1.807, 2.05) is 0 Å². The van der Waals surface area contributed by atoms with Crippen LogP contribution in [0.5, 0.6) is 0 Å². The van der Waals surface area contributed by atoms with E-state index in [2.05, 4.69) is 5.32 Å². The minimum absolute atomic E-state index is 0.00365. The zero-order chi connectivity index (χ0) is 14.5. The van der Waals surface area contributed by atoms with Crippen molar-refractivity contribution in [3.63, 3.8) is 0 Å². The molecule has 20 heavy (non-hydrogen) atoms. The summed E-state index contributed by atoms with van der Waals surface area (Å²) in [5, 5.41) is 3.29. The van der Waals surface area contributed by atoms with Crippen LogP contribution in [-0.2, 0) is 14.2 Å². The van der Waals surface area contributed by atoms with Gasteiger partial charge in [0.25, 0.3) is 0 Å². The number of carbonyl (C=O) groups excluding carboxylic acids is 1. The van der Waals surface area contributed by atoms with Crippen molar-refractivity contribution in [1.82, 2.24) is 0 Å². The van der Waals surface area contributed by atoms with E-state index in [0.717, 1.165) is 6.42 Å². The van der Waals surface area contributed by atoms with Crippen LogP contribution >= 0.6 is 0 Å². The summed E-state index contributed by atoms with van der Waals surface area (Å²) < 4.78 is 15.6. The van der Waals surface area contributed by atoms with E-state index in [9.17, 15) is 4.79 Å². The summed E-state index contributed by atoms with van der Waals surface area (Å²) in [7, 11) is 3.03. The van der Waals surface area contributed by atoms with Crippen molar-refractivity contribution in [3.05, 3.63) is 23.8 Å². The van der Waals surface area contributed by atoms with E-state index in [1.54, 1.807) is 25.3 Å². The lowest BCUT2D eigenvalue weighted by atomic mass is 10.1. The molecule has 1 aliphatic rings. The van der Waals surface area contributed by atoms with Crippen LogP contribution in [0.2, 0.25) is 0 Å². The highest BCUT2D eigenvalue weighted by atomic mass is 16.5. The Labute approximate surface area is 118 Å². The van der Waals surface area contributed by atoms with Gasteiger partial charge in [-0.25, -0.2) is 4.79 Å². The topological polar surface area (TPSA) is 82.8 Å². The van der Waals surface area contributed by atoms with Gasteiger partial charge in [0.2, 0.25) is 0 Å². The lowest BCUT2D eigenvalue weighted by molar-refractivity contribution is -0.0199. The predicted molar refractivity (Wildman–Crippen MR) is 75.8 cm³/mol. The fourth-order valence-electron chi connectivity index (χ4n) is 2.26. The number of methoxy groups -OCH3 is 2.